The van der Waals surface area contributed by atoms with Gasteiger partial charge in [0.05, 0.1) is 13.7 Å². The Labute approximate surface area is 95.8 Å². The fraction of sp³-hybridized carbons (Fsp3) is 0.462. The van der Waals surface area contributed by atoms with Crippen LogP contribution in [0.2, 0.25) is 0 Å². The predicted octanol–water partition coefficient (Wildman–Crippen LogP) is 1.59. The minimum atomic E-state index is 0.170. The molecule has 16 heavy (non-hydrogen) atoms. The van der Waals surface area contributed by atoms with Gasteiger partial charge in [0.2, 0.25) is 0 Å². The van der Waals surface area contributed by atoms with Gasteiger partial charge in [-0.05, 0) is 49.6 Å². The molecule has 0 aliphatic heterocycles. The lowest BCUT2D eigenvalue weighted by Crippen LogP contribution is -2.19. The van der Waals surface area contributed by atoms with Crippen LogP contribution in [-0.4, -0.2) is 26.5 Å². The van der Waals surface area contributed by atoms with E-state index >= 15 is 0 Å². The highest BCUT2D eigenvalue weighted by Gasteiger charge is 2.21. The molecule has 1 aliphatic rings. The van der Waals surface area contributed by atoms with E-state index in [4.69, 9.17) is 4.74 Å². The zero-order chi connectivity index (χ0) is 11.5. The lowest BCUT2D eigenvalue weighted by atomic mass is 9.99. The van der Waals surface area contributed by atoms with Crippen molar-refractivity contribution in [3.05, 3.63) is 28.8 Å². The molecule has 3 heteroatoms. The Morgan fingerprint density at radius 2 is 2.12 bits per heavy atom. The summed E-state index contributed by atoms with van der Waals surface area (Å²) >= 11 is 0. The van der Waals surface area contributed by atoms with E-state index in [-0.39, 0.29) is 5.78 Å². The standard InChI is InChI=1S/C13H17NO2/c1-14-8-12(15)10-6-7-13(16-2)11-5-3-4-9(10)11/h6-7,14H,3-5,8H2,1-2H3. The van der Waals surface area contributed by atoms with E-state index in [2.05, 4.69) is 5.32 Å². The quantitative estimate of drug-likeness (QED) is 0.781. The fourth-order valence-corrected chi connectivity index (χ4v) is 2.38. The zero-order valence-corrected chi connectivity index (χ0v) is 9.80. The Morgan fingerprint density at radius 3 is 2.81 bits per heavy atom. The van der Waals surface area contributed by atoms with Crippen molar-refractivity contribution in [3.63, 3.8) is 0 Å². The molecule has 2 rings (SSSR count). The first-order valence-corrected chi connectivity index (χ1v) is 5.64. The summed E-state index contributed by atoms with van der Waals surface area (Å²) in [6.45, 7) is 0.402. The number of benzene rings is 1. The zero-order valence-electron chi connectivity index (χ0n) is 9.80. The number of likely N-dealkylation sites (N-methyl/N-ethyl adjacent to an activating group) is 1. The Bertz CT molecular complexity index is 413. The molecule has 0 aromatic heterocycles. The summed E-state index contributed by atoms with van der Waals surface area (Å²) in [7, 11) is 3.48. The van der Waals surface area contributed by atoms with Crippen molar-refractivity contribution in [1.82, 2.24) is 5.32 Å². The highest BCUT2D eigenvalue weighted by Crippen LogP contribution is 2.33. The average molecular weight is 219 g/mol. The molecule has 0 fully saturated rings. The maximum atomic E-state index is 11.9. The van der Waals surface area contributed by atoms with Crippen LogP contribution in [0, 0.1) is 0 Å². The number of rotatable bonds is 4. The molecule has 0 amide bonds. The van der Waals surface area contributed by atoms with Crippen molar-refractivity contribution in [2.45, 2.75) is 19.3 Å². The first-order chi connectivity index (χ1) is 7.77. The molecule has 0 saturated carbocycles. The number of hydrogen-bond acceptors (Lipinski definition) is 3. The van der Waals surface area contributed by atoms with Gasteiger partial charge in [0.25, 0.3) is 0 Å². The summed E-state index contributed by atoms with van der Waals surface area (Å²) in [5.41, 5.74) is 3.28. The third-order valence-corrected chi connectivity index (χ3v) is 3.10. The number of ether oxygens (including phenoxy) is 1. The van der Waals surface area contributed by atoms with Gasteiger partial charge in [0.15, 0.2) is 5.78 Å². The molecule has 0 radical (unpaired) electrons. The molecule has 0 saturated heterocycles. The molecule has 0 atom stereocenters. The Balaban J connectivity index is 2.41. The number of methoxy groups -OCH3 is 1. The third kappa shape index (κ3) is 1.83. The first kappa shape index (κ1) is 11.1. The van der Waals surface area contributed by atoms with Gasteiger partial charge in [-0.3, -0.25) is 4.79 Å². The van der Waals surface area contributed by atoms with Gasteiger partial charge in [0, 0.05) is 5.56 Å². The molecule has 0 unspecified atom stereocenters. The number of ketones is 1. The normalized spacial score (nSPS) is 13.6. The fourth-order valence-electron chi connectivity index (χ4n) is 2.38. The topological polar surface area (TPSA) is 38.3 Å². The summed E-state index contributed by atoms with van der Waals surface area (Å²) in [6.07, 6.45) is 3.14. The van der Waals surface area contributed by atoms with Crippen LogP contribution in [0.25, 0.3) is 0 Å². The van der Waals surface area contributed by atoms with E-state index in [0.717, 1.165) is 30.6 Å². The monoisotopic (exact) mass is 219 g/mol. The second-order valence-corrected chi connectivity index (χ2v) is 4.08. The number of fused-ring (bicyclic) bond motifs is 1. The van der Waals surface area contributed by atoms with Crippen LogP contribution in [0.4, 0.5) is 0 Å². The number of hydrogen-bond donors (Lipinski definition) is 1. The number of nitrogens with one attached hydrogen (secondary N) is 1. The summed E-state index contributed by atoms with van der Waals surface area (Å²) in [6, 6.07) is 3.80. The van der Waals surface area contributed by atoms with Crippen molar-refractivity contribution in [1.29, 1.82) is 0 Å². The van der Waals surface area contributed by atoms with Crippen LogP contribution in [0.15, 0.2) is 12.1 Å². The average Bonchev–Trinajstić information content (AvgIpc) is 2.76. The summed E-state index contributed by atoms with van der Waals surface area (Å²) < 4.78 is 5.32. The molecule has 1 aromatic carbocycles. The minimum absolute atomic E-state index is 0.170. The lowest BCUT2D eigenvalue weighted by molar-refractivity contribution is 0.0992. The molecule has 3 nitrogen and oxygen atoms in total. The minimum Gasteiger partial charge on any atom is -0.496 e. The van der Waals surface area contributed by atoms with Crippen molar-refractivity contribution in [2.75, 3.05) is 20.7 Å². The van der Waals surface area contributed by atoms with Crippen molar-refractivity contribution in [2.24, 2.45) is 0 Å². The molecular formula is C13H17NO2. The predicted molar refractivity (Wildman–Crippen MR) is 63.3 cm³/mol. The van der Waals surface area contributed by atoms with E-state index in [9.17, 15) is 4.79 Å². The molecule has 0 spiro atoms. The van der Waals surface area contributed by atoms with Crippen LogP contribution in [-0.2, 0) is 12.8 Å². The molecular weight excluding hydrogens is 202 g/mol. The van der Waals surface area contributed by atoms with Gasteiger partial charge in [-0.2, -0.15) is 0 Å². The van der Waals surface area contributed by atoms with E-state index in [0.29, 0.717) is 6.54 Å². The Kier molecular flexibility index (Phi) is 3.25. The van der Waals surface area contributed by atoms with Crippen molar-refractivity contribution < 1.29 is 9.53 Å². The molecule has 0 heterocycles. The Hall–Kier alpha value is -1.35. The van der Waals surface area contributed by atoms with E-state index in [1.54, 1.807) is 14.2 Å². The maximum absolute atomic E-state index is 11.9. The van der Waals surface area contributed by atoms with Crippen LogP contribution in [0.1, 0.15) is 27.9 Å². The van der Waals surface area contributed by atoms with Crippen LogP contribution >= 0.6 is 0 Å². The van der Waals surface area contributed by atoms with Crippen molar-refractivity contribution in [3.8, 4) is 5.75 Å². The number of carbonyl (C=O) groups excluding carboxylic acids is 1. The largest absolute Gasteiger partial charge is 0.496 e. The van der Waals surface area contributed by atoms with Gasteiger partial charge in [-0.25, -0.2) is 0 Å². The highest BCUT2D eigenvalue weighted by molar-refractivity contribution is 5.99. The maximum Gasteiger partial charge on any atom is 0.176 e. The van der Waals surface area contributed by atoms with Gasteiger partial charge in [-0.15, -0.1) is 0 Å². The van der Waals surface area contributed by atoms with Gasteiger partial charge in [-0.1, -0.05) is 0 Å². The Morgan fingerprint density at radius 1 is 1.38 bits per heavy atom. The summed E-state index contributed by atoms with van der Waals surface area (Å²) in [5.74, 6) is 1.09. The van der Waals surface area contributed by atoms with Gasteiger partial charge < -0.3 is 10.1 Å². The van der Waals surface area contributed by atoms with Gasteiger partial charge in [0.1, 0.15) is 5.75 Å². The summed E-state index contributed by atoms with van der Waals surface area (Å²) in [5, 5.41) is 2.90. The van der Waals surface area contributed by atoms with Gasteiger partial charge >= 0.3 is 0 Å². The second kappa shape index (κ2) is 4.66. The SMILES string of the molecule is CNCC(=O)c1ccc(OC)c2c1CCC2. The first-order valence-electron chi connectivity index (χ1n) is 5.64. The smallest absolute Gasteiger partial charge is 0.176 e. The lowest BCUT2D eigenvalue weighted by Gasteiger charge is -2.11. The van der Waals surface area contributed by atoms with E-state index in [1.807, 2.05) is 12.1 Å². The second-order valence-electron chi connectivity index (χ2n) is 4.08. The van der Waals surface area contributed by atoms with E-state index < -0.39 is 0 Å². The molecule has 1 aliphatic carbocycles. The molecule has 86 valence electrons. The molecule has 1 aromatic rings. The molecule has 0 bridgehead atoms. The third-order valence-electron chi connectivity index (χ3n) is 3.10. The summed E-state index contributed by atoms with van der Waals surface area (Å²) in [4.78, 5) is 11.9. The van der Waals surface area contributed by atoms with E-state index in [1.165, 1.54) is 11.1 Å². The number of carbonyl (C=O) groups is 1. The van der Waals surface area contributed by atoms with Crippen LogP contribution in [0.3, 0.4) is 0 Å². The van der Waals surface area contributed by atoms with Crippen molar-refractivity contribution >= 4 is 5.78 Å². The molecule has 1 N–H and O–H groups in total. The highest BCUT2D eigenvalue weighted by atomic mass is 16.5. The number of Topliss-reactive ketones (excluding diaryl/α,β-unsaturated/α-hetero) is 1. The van der Waals surface area contributed by atoms with Crippen LogP contribution < -0.4 is 10.1 Å². The van der Waals surface area contributed by atoms with Crippen LogP contribution in [0.5, 0.6) is 5.75 Å².